The number of nitrogens with zero attached hydrogens (tertiary/aromatic N) is 3. The van der Waals surface area contributed by atoms with Crippen LogP contribution in [0, 0.1) is 6.92 Å². The van der Waals surface area contributed by atoms with E-state index in [-0.39, 0.29) is 5.91 Å². The normalized spacial score (nSPS) is 10.6. The van der Waals surface area contributed by atoms with E-state index < -0.39 is 0 Å². The zero-order valence-electron chi connectivity index (χ0n) is 12.6. The maximum absolute atomic E-state index is 11.2. The predicted octanol–water partition coefficient (Wildman–Crippen LogP) is 3.43. The third-order valence-electron chi connectivity index (χ3n) is 2.95. The summed E-state index contributed by atoms with van der Waals surface area (Å²) in [5, 5.41) is 12.1. The topological polar surface area (TPSA) is 59.8 Å². The molecule has 0 aliphatic rings. The molecule has 2 aromatic rings. The van der Waals surface area contributed by atoms with E-state index in [0.717, 1.165) is 41.0 Å². The van der Waals surface area contributed by atoms with Gasteiger partial charge in [0.1, 0.15) is 5.82 Å². The maximum Gasteiger partial charge on any atom is 0.221 e. The van der Waals surface area contributed by atoms with Crippen molar-refractivity contribution in [3.8, 4) is 5.69 Å². The first-order valence-corrected chi connectivity index (χ1v) is 8.03. The minimum absolute atomic E-state index is 0.0785. The van der Waals surface area contributed by atoms with Gasteiger partial charge in [-0.1, -0.05) is 31.2 Å². The van der Waals surface area contributed by atoms with E-state index >= 15 is 0 Å². The number of carbonyl (C=O) groups is 1. The molecule has 6 heteroatoms. The van der Waals surface area contributed by atoms with Crippen LogP contribution >= 0.6 is 11.8 Å². The van der Waals surface area contributed by atoms with Gasteiger partial charge in [0, 0.05) is 18.4 Å². The van der Waals surface area contributed by atoms with Gasteiger partial charge in [0.2, 0.25) is 5.91 Å². The van der Waals surface area contributed by atoms with Crippen molar-refractivity contribution in [2.45, 2.75) is 38.8 Å². The van der Waals surface area contributed by atoms with Crippen LogP contribution in [0.3, 0.4) is 0 Å². The molecule has 5 nitrogen and oxygen atoms in total. The number of carbonyl (C=O) groups excluding carboxylic acids is 1. The predicted molar refractivity (Wildman–Crippen MR) is 86.0 cm³/mol. The SMILES string of the molecule is CCCCSc1nnc(C)n1-c1cccc(NC(C)=O)c1. The first-order chi connectivity index (χ1) is 10.1. The number of hydrogen-bond acceptors (Lipinski definition) is 4. The van der Waals surface area contributed by atoms with Crippen molar-refractivity contribution >= 4 is 23.4 Å². The lowest BCUT2D eigenvalue weighted by Crippen LogP contribution is -2.07. The molecule has 0 fully saturated rings. The third-order valence-corrected chi connectivity index (χ3v) is 3.96. The Balaban J connectivity index is 2.28. The lowest BCUT2D eigenvalue weighted by molar-refractivity contribution is -0.114. The van der Waals surface area contributed by atoms with Crippen LogP contribution in [0.2, 0.25) is 0 Å². The molecule has 0 aliphatic heterocycles. The van der Waals surface area contributed by atoms with Gasteiger partial charge in [-0.25, -0.2) is 0 Å². The summed E-state index contributed by atoms with van der Waals surface area (Å²) in [5.74, 6) is 1.79. The number of thioether (sulfide) groups is 1. The van der Waals surface area contributed by atoms with E-state index in [4.69, 9.17) is 0 Å². The molecule has 0 unspecified atom stereocenters. The van der Waals surface area contributed by atoms with Crippen LogP contribution in [0.25, 0.3) is 5.69 Å². The molecule has 1 aromatic carbocycles. The molecular formula is C15H20N4OS. The highest BCUT2D eigenvalue weighted by molar-refractivity contribution is 7.99. The van der Waals surface area contributed by atoms with Crippen molar-refractivity contribution in [3.05, 3.63) is 30.1 Å². The molecule has 112 valence electrons. The van der Waals surface area contributed by atoms with E-state index in [1.165, 1.54) is 6.92 Å². The number of unbranched alkanes of at least 4 members (excludes halogenated alkanes) is 1. The monoisotopic (exact) mass is 304 g/mol. The van der Waals surface area contributed by atoms with Gasteiger partial charge >= 0.3 is 0 Å². The van der Waals surface area contributed by atoms with Crippen LogP contribution in [-0.4, -0.2) is 26.4 Å². The highest BCUT2D eigenvalue weighted by Gasteiger charge is 2.11. The summed E-state index contributed by atoms with van der Waals surface area (Å²) >= 11 is 1.71. The summed E-state index contributed by atoms with van der Waals surface area (Å²) in [6.07, 6.45) is 2.32. The first-order valence-electron chi connectivity index (χ1n) is 7.04. The Hall–Kier alpha value is -1.82. The number of aromatic nitrogens is 3. The average Bonchev–Trinajstić information content (AvgIpc) is 2.80. The van der Waals surface area contributed by atoms with Gasteiger partial charge in [-0.15, -0.1) is 10.2 Å². The molecule has 2 rings (SSSR count). The van der Waals surface area contributed by atoms with Gasteiger partial charge in [0.25, 0.3) is 0 Å². The fraction of sp³-hybridized carbons (Fsp3) is 0.400. The number of amides is 1. The highest BCUT2D eigenvalue weighted by Crippen LogP contribution is 2.24. The zero-order valence-corrected chi connectivity index (χ0v) is 13.4. The van der Waals surface area contributed by atoms with E-state index in [1.807, 2.05) is 35.8 Å². The fourth-order valence-electron chi connectivity index (χ4n) is 1.97. The molecule has 1 heterocycles. The molecule has 1 amide bonds. The van der Waals surface area contributed by atoms with Gasteiger partial charge in [-0.05, 0) is 31.5 Å². The second-order valence-electron chi connectivity index (χ2n) is 4.80. The largest absolute Gasteiger partial charge is 0.326 e. The van der Waals surface area contributed by atoms with Crippen LogP contribution in [0.15, 0.2) is 29.4 Å². The Labute approximate surface area is 129 Å². The second-order valence-corrected chi connectivity index (χ2v) is 5.86. The number of anilines is 1. The molecule has 0 aliphatic carbocycles. The van der Waals surface area contributed by atoms with Gasteiger partial charge in [0.15, 0.2) is 5.16 Å². The highest BCUT2D eigenvalue weighted by atomic mass is 32.2. The number of aryl methyl sites for hydroxylation is 1. The Morgan fingerprint density at radius 1 is 1.38 bits per heavy atom. The fourth-order valence-corrected chi connectivity index (χ4v) is 3.05. The number of hydrogen-bond donors (Lipinski definition) is 1. The summed E-state index contributed by atoms with van der Waals surface area (Å²) in [7, 11) is 0. The number of benzene rings is 1. The Morgan fingerprint density at radius 2 is 2.19 bits per heavy atom. The molecule has 0 bridgehead atoms. The molecule has 0 radical (unpaired) electrons. The molecule has 0 spiro atoms. The Bertz CT molecular complexity index is 624. The molecule has 0 saturated carbocycles. The molecule has 21 heavy (non-hydrogen) atoms. The molecule has 1 aromatic heterocycles. The van der Waals surface area contributed by atoms with Crippen molar-refractivity contribution in [2.75, 3.05) is 11.1 Å². The maximum atomic E-state index is 11.2. The van der Waals surface area contributed by atoms with Gasteiger partial charge in [-0.2, -0.15) is 0 Å². The van der Waals surface area contributed by atoms with Crippen LogP contribution in [-0.2, 0) is 4.79 Å². The van der Waals surface area contributed by atoms with E-state index in [0.29, 0.717) is 0 Å². The van der Waals surface area contributed by atoms with Crippen molar-refractivity contribution in [2.24, 2.45) is 0 Å². The van der Waals surface area contributed by atoms with E-state index in [2.05, 4.69) is 22.4 Å². The minimum atomic E-state index is -0.0785. The molecule has 0 saturated heterocycles. The standard InChI is InChI=1S/C15H20N4OS/c1-4-5-9-21-15-18-17-11(2)19(15)14-8-6-7-13(10-14)16-12(3)20/h6-8,10H,4-5,9H2,1-3H3,(H,16,20). The molecular weight excluding hydrogens is 284 g/mol. The average molecular weight is 304 g/mol. The van der Waals surface area contributed by atoms with Gasteiger partial charge < -0.3 is 5.32 Å². The van der Waals surface area contributed by atoms with Crippen LogP contribution in [0.4, 0.5) is 5.69 Å². The van der Waals surface area contributed by atoms with Crippen LogP contribution in [0.1, 0.15) is 32.5 Å². The molecule has 0 atom stereocenters. The zero-order chi connectivity index (χ0) is 15.2. The van der Waals surface area contributed by atoms with E-state index in [1.54, 1.807) is 11.8 Å². The summed E-state index contributed by atoms with van der Waals surface area (Å²) < 4.78 is 2.02. The van der Waals surface area contributed by atoms with Gasteiger partial charge in [-0.3, -0.25) is 9.36 Å². The Morgan fingerprint density at radius 3 is 2.90 bits per heavy atom. The van der Waals surface area contributed by atoms with Crippen LogP contribution < -0.4 is 5.32 Å². The van der Waals surface area contributed by atoms with Crippen molar-refractivity contribution < 1.29 is 4.79 Å². The number of rotatable bonds is 6. The smallest absolute Gasteiger partial charge is 0.221 e. The Kier molecular flexibility index (Phi) is 5.38. The van der Waals surface area contributed by atoms with Crippen molar-refractivity contribution in [1.82, 2.24) is 14.8 Å². The molecule has 1 N–H and O–H groups in total. The van der Waals surface area contributed by atoms with Crippen molar-refractivity contribution in [1.29, 1.82) is 0 Å². The second kappa shape index (κ2) is 7.26. The summed E-state index contributed by atoms with van der Waals surface area (Å²) in [6, 6.07) is 7.71. The van der Waals surface area contributed by atoms with E-state index in [9.17, 15) is 4.79 Å². The lowest BCUT2D eigenvalue weighted by Gasteiger charge is -2.10. The minimum Gasteiger partial charge on any atom is -0.326 e. The van der Waals surface area contributed by atoms with Gasteiger partial charge in [0.05, 0.1) is 5.69 Å². The first kappa shape index (κ1) is 15.6. The van der Waals surface area contributed by atoms with Crippen molar-refractivity contribution in [3.63, 3.8) is 0 Å². The summed E-state index contributed by atoms with van der Waals surface area (Å²) in [6.45, 7) is 5.61. The number of nitrogens with one attached hydrogen (secondary N) is 1. The summed E-state index contributed by atoms with van der Waals surface area (Å²) in [5.41, 5.74) is 1.74. The lowest BCUT2D eigenvalue weighted by atomic mass is 10.2. The van der Waals surface area contributed by atoms with Crippen LogP contribution in [0.5, 0.6) is 0 Å². The quantitative estimate of drug-likeness (QED) is 0.656. The summed E-state index contributed by atoms with van der Waals surface area (Å²) in [4.78, 5) is 11.2. The third kappa shape index (κ3) is 4.07.